The molecule has 0 spiro atoms. The number of pyridine rings is 1. The number of benzene rings is 1. The van der Waals surface area contributed by atoms with Crippen LogP contribution in [0.1, 0.15) is 11.3 Å². The zero-order valence-electron chi connectivity index (χ0n) is 12.8. The quantitative estimate of drug-likeness (QED) is 0.592. The van der Waals surface area contributed by atoms with Crippen LogP contribution in [0.4, 0.5) is 11.8 Å². The van der Waals surface area contributed by atoms with Crippen LogP contribution >= 0.6 is 0 Å². The fraction of sp³-hybridized carbons (Fsp3) is 0.118. The van der Waals surface area contributed by atoms with Crippen molar-refractivity contribution in [2.45, 2.75) is 12.8 Å². The van der Waals surface area contributed by atoms with E-state index in [-0.39, 0.29) is 11.8 Å². The van der Waals surface area contributed by atoms with Gasteiger partial charge in [-0.15, -0.1) is 0 Å². The first-order valence-corrected chi connectivity index (χ1v) is 7.58. The Balaban J connectivity index is 1.65. The first-order chi connectivity index (χ1) is 11.7. The lowest BCUT2D eigenvalue weighted by Gasteiger charge is -2.07. The Morgan fingerprint density at radius 1 is 0.875 bits per heavy atom. The zero-order valence-corrected chi connectivity index (χ0v) is 12.8. The molecule has 0 radical (unpaired) electrons. The van der Waals surface area contributed by atoms with E-state index >= 15 is 0 Å². The summed E-state index contributed by atoms with van der Waals surface area (Å²) < 4.78 is 0. The van der Waals surface area contributed by atoms with Gasteiger partial charge < -0.3 is 11.5 Å². The van der Waals surface area contributed by atoms with Gasteiger partial charge >= 0.3 is 0 Å². The third-order valence-corrected chi connectivity index (χ3v) is 3.89. The number of hydrogen-bond acceptors (Lipinski definition) is 7. The van der Waals surface area contributed by atoms with Gasteiger partial charge in [-0.2, -0.15) is 9.97 Å². The molecule has 0 atom stereocenters. The molecule has 0 amide bonds. The molecular formula is C17H15N7. The summed E-state index contributed by atoms with van der Waals surface area (Å²) in [4.78, 5) is 21.2. The Morgan fingerprint density at radius 2 is 1.75 bits per heavy atom. The van der Waals surface area contributed by atoms with Gasteiger partial charge in [0, 0.05) is 11.6 Å². The second-order valence-corrected chi connectivity index (χ2v) is 5.49. The van der Waals surface area contributed by atoms with Gasteiger partial charge in [0.15, 0.2) is 17.0 Å². The van der Waals surface area contributed by atoms with E-state index < -0.39 is 0 Å². The molecule has 0 saturated carbocycles. The van der Waals surface area contributed by atoms with Crippen molar-refractivity contribution in [3.8, 4) is 0 Å². The highest BCUT2D eigenvalue weighted by atomic mass is 15.1. The van der Waals surface area contributed by atoms with Crippen LogP contribution in [0.15, 0.2) is 42.7 Å². The normalized spacial score (nSPS) is 11.2. The van der Waals surface area contributed by atoms with E-state index in [0.29, 0.717) is 11.2 Å². The SMILES string of the molecule is Nc1nc(N)c2nc(CCc3ccnc4ccccc34)cnc2n1. The molecule has 0 aliphatic carbocycles. The number of aromatic nitrogens is 5. The molecule has 0 aliphatic heterocycles. The average molecular weight is 317 g/mol. The lowest BCUT2D eigenvalue weighted by atomic mass is 10.0. The average Bonchev–Trinajstić information content (AvgIpc) is 2.60. The molecule has 1 aromatic carbocycles. The predicted molar refractivity (Wildman–Crippen MR) is 93.1 cm³/mol. The van der Waals surface area contributed by atoms with E-state index in [2.05, 4.69) is 31.0 Å². The summed E-state index contributed by atoms with van der Waals surface area (Å²) in [6.45, 7) is 0. The Bertz CT molecular complexity index is 1040. The molecule has 0 unspecified atom stereocenters. The second kappa shape index (κ2) is 5.69. The van der Waals surface area contributed by atoms with E-state index in [4.69, 9.17) is 11.5 Å². The van der Waals surface area contributed by atoms with Crippen LogP contribution in [0, 0.1) is 0 Å². The molecular weight excluding hydrogens is 302 g/mol. The number of rotatable bonds is 3. The Morgan fingerprint density at radius 3 is 2.67 bits per heavy atom. The Labute approximate surface area is 137 Å². The maximum absolute atomic E-state index is 5.87. The lowest BCUT2D eigenvalue weighted by Crippen LogP contribution is -2.05. The van der Waals surface area contributed by atoms with Gasteiger partial charge in [-0.25, -0.2) is 9.97 Å². The van der Waals surface area contributed by atoms with Crippen LogP contribution in [0.5, 0.6) is 0 Å². The maximum atomic E-state index is 5.87. The highest BCUT2D eigenvalue weighted by Crippen LogP contribution is 2.19. The van der Waals surface area contributed by atoms with Crippen molar-refractivity contribution in [3.05, 3.63) is 54.0 Å². The zero-order chi connectivity index (χ0) is 16.5. The summed E-state index contributed by atoms with van der Waals surface area (Å²) in [5.41, 5.74) is 15.4. The van der Waals surface area contributed by atoms with Crippen molar-refractivity contribution in [2.75, 3.05) is 11.5 Å². The largest absolute Gasteiger partial charge is 0.382 e. The van der Waals surface area contributed by atoms with Crippen molar-refractivity contribution in [1.82, 2.24) is 24.9 Å². The van der Waals surface area contributed by atoms with Crippen LogP contribution in [0.2, 0.25) is 0 Å². The summed E-state index contributed by atoms with van der Waals surface area (Å²) in [6, 6.07) is 10.1. The molecule has 3 heterocycles. The third-order valence-electron chi connectivity index (χ3n) is 3.89. The van der Waals surface area contributed by atoms with Gasteiger partial charge in [-0.05, 0) is 30.5 Å². The molecule has 7 nitrogen and oxygen atoms in total. The molecule has 4 aromatic rings. The number of anilines is 2. The van der Waals surface area contributed by atoms with Crippen molar-refractivity contribution in [3.63, 3.8) is 0 Å². The number of nitrogen functional groups attached to an aromatic ring is 2. The van der Waals surface area contributed by atoms with Crippen molar-refractivity contribution >= 4 is 33.8 Å². The predicted octanol–water partition coefficient (Wildman–Crippen LogP) is 1.92. The smallest absolute Gasteiger partial charge is 0.224 e. The van der Waals surface area contributed by atoms with Crippen molar-refractivity contribution in [1.29, 1.82) is 0 Å². The summed E-state index contributed by atoms with van der Waals surface area (Å²) in [5.74, 6) is 0.353. The first kappa shape index (κ1) is 14.3. The molecule has 7 heteroatoms. The molecule has 118 valence electrons. The fourth-order valence-electron chi connectivity index (χ4n) is 2.74. The Kier molecular flexibility index (Phi) is 3.38. The number of hydrogen-bond donors (Lipinski definition) is 2. The molecule has 0 saturated heterocycles. The molecule has 4 rings (SSSR count). The summed E-state index contributed by atoms with van der Waals surface area (Å²) >= 11 is 0. The van der Waals surface area contributed by atoms with Crippen LogP contribution < -0.4 is 11.5 Å². The number of para-hydroxylation sites is 1. The van der Waals surface area contributed by atoms with Crippen molar-refractivity contribution < 1.29 is 0 Å². The van der Waals surface area contributed by atoms with Gasteiger partial charge in [-0.1, -0.05) is 18.2 Å². The molecule has 24 heavy (non-hydrogen) atoms. The molecule has 0 fully saturated rings. The van der Waals surface area contributed by atoms with Gasteiger partial charge in [0.05, 0.1) is 17.4 Å². The number of fused-ring (bicyclic) bond motifs is 2. The molecule has 3 aromatic heterocycles. The minimum atomic E-state index is 0.102. The van der Waals surface area contributed by atoms with Gasteiger partial charge in [-0.3, -0.25) is 4.98 Å². The molecule has 4 N–H and O–H groups in total. The minimum Gasteiger partial charge on any atom is -0.382 e. The van der Waals surface area contributed by atoms with Crippen LogP contribution in [-0.2, 0) is 12.8 Å². The third kappa shape index (κ3) is 2.56. The van der Waals surface area contributed by atoms with E-state index in [1.54, 1.807) is 6.20 Å². The first-order valence-electron chi connectivity index (χ1n) is 7.58. The summed E-state index contributed by atoms with van der Waals surface area (Å²) in [6.07, 6.45) is 5.11. The van der Waals surface area contributed by atoms with E-state index in [1.807, 2.05) is 30.5 Å². The minimum absolute atomic E-state index is 0.102. The van der Waals surface area contributed by atoms with Gasteiger partial charge in [0.2, 0.25) is 5.95 Å². The fourth-order valence-corrected chi connectivity index (χ4v) is 2.74. The molecule has 0 aliphatic rings. The van der Waals surface area contributed by atoms with E-state index in [9.17, 15) is 0 Å². The van der Waals surface area contributed by atoms with Crippen LogP contribution in [0.25, 0.3) is 22.1 Å². The number of nitrogens with two attached hydrogens (primary N) is 2. The van der Waals surface area contributed by atoms with Crippen LogP contribution in [0.3, 0.4) is 0 Å². The Hall–Kier alpha value is -3.35. The van der Waals surface area contributed by atoms with Gasteiger partial charge in [0.1, 0.15) is 0 Å². The standard InChI is InChI=1S/C17H15N7/c18-15-14-16(24-17(19)23-15)21-9-11(22-14)6-5-10-7-8-20-13-4-2-1-3-12(10)13/h1-4,7-9H,5-6H2,(H4,18,19,21,23,24). The van der Waals surface area contributed by atoms with Crippen LogP contribution in [-0.4, -0.2) is 24.9 Å². The molecule has 0 bridgehead atoms. The lowest BCUT2D eigenvalue weighted by molar-refractivity contribution is 0.914. The highest BCUT2D eigenvalue weighted by Gasteiger charge is 2.08. The highest BCUT2D eigenvalue weighted by molar-refractivity contribution is 5.82. The monoisotopic (exact) mass is 317 g/mol. The number of nitrogens with zero attached hydrogens (tertiary/aromatic N) is 5. The second-order valence-electron chi connectivity index (χ2n) is 5.49. The van der Waals surface area contributed by atoms with E-state index in [0.717, 1.165) is 29.4 Å². The number of aryl methyl sites for hydroxylation is 2. The van der Waals surface area contributed by atoms with E-state index in [1.165, 1.54) is 5.56 Å². The topological polar surface area (TPSA) is 116 Å². The van der Waals surface area contributed by atoms with Crippen molar-refractivity contribution in [2.24, 2.45) is 0 Å². The van der Waals surface area contributed by atoms with Gasteiger partial charge in [0.25, 0.3) is 0 Å². The summed E-state index contributed by atoms with van der Waals surface area (Å²) in [5, 5.41) is 1.16. The maximum Gasteiger partial charge on any atom is 0.224 e. The summed E-state index contributed by atoms with van der Waals surface area (Å²) in [7, 11) is 0.